The van der Waals surface area contributed by atoms with Crippen molar-refractivity contribution in [2.24, 2.45) is 0 Å². The van der Waals surface area contributed by atoms with E-state index >= 15 is 0 Å². The minimum Gasteiger partial charge on any atom is -0.366 e. The number of aromatic nitrogens is 2. The van der Waals surface area contributed by atoms with Crippen LogP contribution in [0.4, 0.5) is 0 Å². The van der Waals surface area contributed by atoms with Crippen LogP contribution in [0.5, 0.6) is 0 Å². The molecule has 1 heterocycles. The van der Waals surface area contributed by atoms with Crippen molar-refractivity contribution in [1.29, 1.82) is 0 Å². The third kappa shape index (κ3) is 4.34. The molecule has 0 aliphatic rings. The van der Waals surface area contributed by atoms with E-state index in [-0.39, 0.29) is 6.10 Å². The van der Waals surface area contributed by atoms with Crippen LogP contribution in [0.3, 0.4) is 0 Å². The van der Waals surface area contributed by atoms with E-state index in [0.717, 1.165) is 35.9 Å². The van der Waals surface area contributed by atoms with Crippen LogP contribution in [0.2, 0.25) is 0 Å². The summed E-state index contributed by atoms with van der Waals surface area (Å²) in [5, 5.41) is 3.30. The Morgan fingerprint density at radius 1 is 1.14 bits per heavy atom. The number of aryl methyl sites for hydroxylation is 1. The van der Waals surface area contributed by atoms with Crippen LogP contribution in [0.15, 0.2) is 36.4 Å². The molecule has 0 amide bonds. The van der Waals surface area contributed by atoms with Crippen LogP contribution in [-0.4, -0.2) is 23.1 Å². The summed E-state index contributed by atoms with van der Waals surface area (Å²) < 4.78 is 5.88. The predicted molar refractivity (Wildman–Crippen MR) is 84.1 cm³/mol. The first-order chi connectivity index (χ1) is 10.2. The fraction of sp³-hybridized carbons (Fsp3) is 0.412. The molecule has 1 unspecified atom stereocenters. The summed E-state index contributed by atoms with van der Waals surface area (Å²) in [5.41, 5.74) is 3.05. The van der Waals surface area contributed by atoms with Gasteiger partial charge in [0.15, 0.2) is 5.82 Å². The third-order valence-electron chi connectivity index (χ3n) is 3.15. The Morgan fingerprint density at radius 3 is 2.57 bits per heavy atom. The van der Waals surface area contributed by atoms with Crippen molar-refractivity contribution in [1.82, 2.24) is 15.3 Å². The first-order valence-corrected chi connectivity index (χ1v) is 7.46. The first-order valence-electron chi connectivity index (χ1n) is 7.46. The lowest BCUT2D eigenvalue weighted by Crippen LogP contribution is -2.17. The van der Waals surface area contributed by atoms with Gasteiger partial charge in [-0.25, -0.2) is 9.97 Å². The Bertz CT molecular complexity index is 557. The van der Waals surface area contributed by atoms with E-state index in [1.165, 1.54) is 0 Å². The SMILES string of the molecule is CCNCc1cc(C)nc(C(OCC)c2ccccc2)n1. The van der Waals surface area contributed by atoms with E-state index in [0.29, 0.717) is 6.61 Å². The second-order valence-electron chi connectivity index (χ2n) is 4.89. The Hall–Kier alpha value is -1.78. The largest absolute Gasteiger partial charge is 0.366 e. The molecule has 1 N–H and O–H groups in total. The molecule has 0 fully saturated rings. The molecule has 0 aliphatic carbocycles. The lowest BCUT2D eigenvalue weighted by molar-refractivity contribution is 0.0848. The zero-order chi connectivity index (χ0) is 15.1. The molecule has 0 spiro atoms. The van der Waals surface area contributed by atoms with Crippen molar-refractivity contribution in [2.45, 2.75) is 33.4 Å². The van der Waals surface area contributed by atoms with Crippen molar-refractivity contribution in [3.63, 3.8) is 0 Å². The number of hydrogen-bond donors (Lipinski definition) is 1. The minimum atomic E-state index is -0.212. The van der Waals surface area contributed by atoms with E-state index < -0.39 is 0 Å². The summed E-state index contributed by atoms with van der Waals surface area (Å²) >= 11 is 0. The van der Waals surface area contributed by atoms with Gasteiger partial charge in [0.05, 0.1) is 5.69 Å². The quantitative estimate of drug-likeness (QED) is 0.849. The summed E-state index contributed by atoms with van der Waals surface area (Å²) in [6.45, 7) is 8.37. The van der Waals surface area contributed by atoms with Gasteiger partial charge in [0.1, 0.15) is 6.10 Å². The molecule has 0 radical (unpaired) electrons. The topological polar surface area (TPSA) is 47.0 Å². The lowest BCUT2D eigenvalue weighted by Gasteiger charge is -2.17. The molecule has 1 aromatic heterocycles. The average molecular weight is 285 g/mol. The fourth-order valence-electron chi connectivity index (χ4n) is 2.23. The van der Waals surface area contributed by atoms with E-state index in [4.69, 9.17) is 4.74 Å². The Labute approximate surface area is 126 Å². The fourth-order valence-corrected chi connectivity index (χ4v) is 2.23. The summed E-state index contributed by atoms with van der Waals surface area (Å²) in [5.74, 6) is 0.732. The molecule has 21 heavy (non-hydrogen) atoms. The highest BCUT2D eigenvalue weighted by Gasteiger charge is 2.18. The van der Waals surface area contributed by atoms with Crippen LogP contribution in [0.1, 0.15) is 42.7 Å². The van der Waals surface area contributed by atoms with E-state index in [1.807, 2.05) is 38.1 Å². The van der Waals surface area contributed by atoms with Gasteiger partial charge in [-0.3, -0.25) is 0 Å². The number of nitrogens with one attached hydrogen (secondary N) is 1. The summed E-state index contributed by atoms with van der Waals surface area (Å²) in [7, 11) is 0. The van der Waals surface area contributed by atoms with Gasteiger partial charge >= 0.3 is 0 Å². The Morgan fingerprint density at radius 2 is 1.90 bits per heavy atom. The Balaban J connectivity index is 2.33. The van der Waals surface area contributed by atoms with Crippen molar-refractivity contribution < 1.29 is 4.74 Å². The van der Waals surface area contributed by atoms with Crippen molar-refractivity contribution in [2.75, 3.05) is 13.2 Å². The molecule has 2 rings (SSSR count). The maximum absolute atomic E-state index is 5.88. The van der Waals surface area contributed by atoms with E-state index in [2.05, 4.69) is 34.3 Å². The normalized spacial score (nSPS) is 12.3. The highest BCUT2D eigenvalue weighted by atomic mass is 16.5. The third-order valence-corrected chi connectivity index (χ3v) is 3.15. The molecule has 0 aliphatic heterocycles. The number of ether oxygens (including phenoxy) is 1. The molecule has 0 saturated carbocycles. The highest BCUT2D eigenvalue weighted by Crippen LogP contribution is 2.23. The number of rotatable bonds is 7. The van der Waals surface area contributed by atoms with Crippen molar-refractivity contribution in [3.8, 4) is 0 Å². The van der Waals surface area contributed by atoms with Crippen LogP contribution in [-0.2, 0) is 11.3 Å². The Kier molecular flexibility index (Phi) is 5.84. The molecule has 1 atom stereocenters. The summed E-state index contributed by atoms with van der Waals surface area (Å²) in [6, 6.07) is 12.1. The molecule has 1 aromatic carbocycles. The van der Waals surface area contributed by atoms with Gasteiger partial charge in [0.25, 0.3) is 0 Å². The van der Waals surface area contributed by atoms with E-state index in [1.54, 1.807) is 0 Å². The van der Waals surface area contributed by atoms with Gasteiger partial charge in [-0.2, -0.15) is 0 Å². The van der Waals surface area contributed by atoms with Gasteiger partial charge in [0, 0.05) is 18.8 Å². The first kappa shape index (κ1) is 15.6. The molecule has 2 aromatic rings. The molecule has 0 bridgehead atoms. The van der Waals surface area contributed by atoms with Crippen LogP contribution in [0, 0.1) is 6.92 Å². The molecule has 0 saturated heterocycles. The zero-order valence-electron chi connectivity index (χ0n) is 13.0. The number of nitrogens with zero attached hydrogens (tertiary/aromatic N) is 2. The van der Waals surface area contributed by atoms with Crippen molar-refractivity contribution >= 4 is 0 Å². The summed E-state index contributed by atoms with van der Waals surface area (Å²) in [4.78, 5) is 9.24. The summed E-state index contributed by atoms with van der Waals surface area (Å²) in [6.07, 6.45) is -0.212. The van der Waals surface area contributed by atoms with Crippen molar-refractivity contribution in [3.05, 3.63) is 59.2 Å². The smallest absolute Gasteiger partial charge is 0.162 e. The monoisotopic (exact) mass is 285 g/mol. The van der Waals surface area contributed by atoms with Gasteiger partial charge < -0.3 is 10.1 Å². The average Bonchev–Trinajstić information content (AvgIpc) is 2.51. The minimum absolute atomic E-state index is 0.212. The lowest BCUT2D eigenvalue weighted by atomic mass is 10.1. The van der Waals surface area contributed by atoms with Crippen LogP contribution in [0.25, 0.3) is 0 Å². The number of hydrogen-bond acceptors (Lipinski definition) is 4. The highest BCUT2D eigenvalue weighted by molar-refractivity contribution is 5.24. The maximum Gasteiger partial charge on any atom is 0.162 e. The molecule has 4 heteroatoms. The maximum atomic E-state index is 5.88. The second kappa shape index (κ2) is 7.86. The zero-order valence-corrected chi connectivity index (χ0v) is 13.0. The van der Waals surface area contributed by atoms with Gasteiger partial charge in [0.2, 0.25) is 0 Å². The predicted octanol–water partition coefficient (Wildman–Crippen LogP) is 3.02. The van der Waals surface area contributed by atoms with Gasteiger partial charge in [-0.15, -0.1) is 0 Å². The number of benzene rings is 1. The van der Waals surface area contributed by atoms with Crippen LogP contribution >= 0.6 is 0 Å². The van der Waals surface area contributed by atoms with Gasteiger partial charge in [-0.1, -0.05) is 37.3 Å². The van der Waals surface area contributed by atoms with Gasteiger partial charge in [-0.05, 0) is 32.0 Å². The second-order valence-corrected chi connectivity index (χ2v) is 4.89. The molecular weight excluding hydrogens is 262 g/mol. The molecular formula is C17H23N3O. The molecule has 4 nitrogen and oxygen atoms in total. The van der Waals surface area contributed by atoms with Crippen LogP contribution < -0.4 is 5.32 Å². The standard InChI is InChI=1S/C17H23N3O/c1-4-18-12-15-11-13(3)19-17(20-15)16(21-5-2)14-9-7-6-8-10-14/h6-11,16,18H,4-5,12H2,1-3H3. The van der Waals surface area contributed by atoms with E-state index in [9.17, 15) is 0 Å². The molecule has 112 valence electrons.